The monoisotopic (exact) mass is 425 g/mol. The zero-order chi connectivity index (χ0) is 19.9. The maximum Gasteiger partial charge on any atom is 0.492 e. The summed E-state index contributed by atoms with van der Waals surface area (Å²) < 4.78 is 98.3. The van der Waals surface area contributed by atoms with Crippen LogP contribution in [0.5, 0.6) is 0 Å². The molecule has 1 aromatic carbocycles. The molecule has 1 heterocycles. The highest BCUT2D eigenvalue weighted by atomic mass is 35.5. The minimum absolute atomic E-state index is 0.265. The van der Waals surface area contributed by atoms with Gasteiger partial charge in [0, 0.05) is 19.0 Å². The van der Waals surface area contributed by atoms with Gasteiger partial charge in [0.05, 0.1) is 21.2 Å². The van der Waals surface area contributed by atoms with Gasteiger partial charge in [-0.2, -0.15) is 26.3 Å². The fourth-order valence-corrected chi connectivity index (χ4v) is 4.38. The normalized spacial score (nSPS) is 17.0. The second-order valence-electron chi connectivity index (χ2n) is 5.51. The Morgan fingerprint density at radius 2 is 1.77 bits per heavy atom. The molecular formula is C13H10ClF6NO4S. The van der Waals surface area contributed by atoms with Crippen molar-refractivity contribution < 1.29 is 44.4 Å². The molecule has 5 nitrogen and oxygen atoms in total. The minimum Gasteiger partial charge on any atom is -0.361 e. The summed E-state index contributed by atoms with van der Waals surface area (Å²) in [6.45, 7) is -0.529. The lowest BCUT2D eigenvalue weighted by Crippen LogP contribution is -2.51. The quantitative estimate of drug-likeness (QED) is 0.694. The number of benzene rings is 1. The molecule has 1 fully saturated rings. The van der Waals surface area contributed by atoms with Gasteiger partial charge in [-0.1, -0.05) is 11.6 Å². The van der Waals surface area contributed by atoms with Crippen LogP contribution in [0.4, 0.5) is 26.3 Å². The molecule has 13 heteroatoms. The van der Waals surface area contributed by atoms with Gasteiger partial charge in [0.25, 0.3) is 0 Å². The molecule has 2 rings (SSSR count). The number of carbonyl (C=O) groups is 1. The predicted molar refractivity (Wildman–Crippen MR) is 75.7 cm³/mol. The molecule has 26 heavy (non-hydrogen) atoms. The van der Waals surface area contributed by atoms with Crippen LogP contribution in [-0.2, 0) is 25.6 Å². The summed E-state index contributed by atoms with van der Waals surface area (Å²) in [7, 11) is -4.08. The van der Waals surface area contributed by atoms with Gasteiger partial charge in [0.2, 0.25) is 0 Å². The van der Waals surface area contributed by atoms with Crippen molar-refractivity contribution in [1.82, 2.24) is 5.06 Å². The van der Waals surface area contributed by atoms with Crippen molar-refractivity contribution in [1.29, 1.82) is 0 Å². The van der Waals surface area contributed by atoms with Crippen LogP contribution in [0.15, 0.2) is 23.1 Å². The van der Waals surface area contributed by atoms with Gasteiger partial charge in [0.15, 0.2) is 9.84 Å². The molecule has 1 aliphatic heterocycles. The fourth-order valence-electron chi connectivity index (χ4n) is 2.20. The SMILES string of the molecule is O=C(ON1CC(CS(=O)(=O)c2ccc(C(F)(F)F)cc2Cl)C1)C(F)(F)F. The van der Waals surface area contributed by atoms with E-state index in [4.69, 9.17) is 11.6 Å². The van der Waals surface area contributed by atoms with Gasteiger partial charge in [-0.3, -0.25) is 0 Å². The maximum absolute atomic E-state index is 12.6. The lowest BCUT2D eigenvalue weighted by molar-refractivity contribution is -0.257. The van der Waals surface area contributed by atoms with E-state index in [0.29, 0.717) is 17.2 Å². The van der Waals surface area contributed by atoms with Crippen LogP contribution < -0.4 is 0 Å². The Kier molecular flexibility index (Phi) is 5.51. The molecule has 0 N–H and O–H groups in total. The molecule has 0 radical (unpaired) electrons. The summed E-state index contributed by atoms with van der Waals surface area (Å²) in [6.07, 6.45) is -9.87. The van der Waals surface area contributed by atoms with Crippen LogP contribution in [0.2, 0.25) is 5.02 Å². The second-order valence-corrected chi connectivity index (χ2v) is 7.92. The van der Waals surface area contributed by atoms with Gasteiger partial charge in [0.1, 0.15) is 0 Å². The number of alkyl halides is 6. The van der Waals surface area contributed by atoms with Gasteiger partial charge < -0.3 is 4.84 Å². The fraction of sp³-hybridized carbons (Fsp3) is 0.462. The Labute approximate surface area is 148 Å². The summed E-state index contributed by atoms with van der Waals surface area (Å²) >= 11 is 5.63. The first kappa shape index (κ1) is 20.8. The number of nitrogens with zero attached hydrogens (tertiary/aromatic N) is 1. The standard InChI is InChI=1S/C13H10ClF6NO4S/c14-9-3-8(12(15,16)17)1-2-10(9)26(23,24)6-7-4-21(5-7)25-11(22)13(18,19)20/h1-3,7H,4-6H2. The highest BCUT2D eigenvalue weighted by Crippen LogP contribution is 2.34. The summed E-state index contributed by atoms with van der Waals surface area (Å²) in [5, 5.41) is 0.0317. The molecule has 1 saturated heterocycles. The van der Waals surface area contributed by atoms with E-state index in [1.54, 1.807) is 0 Å². The molecule has 0 atom stereocenters. The van der Waals surface area contributed by atoms with Gasteiger partial charge >= 0.3 is 18.3 Å². The molecule has 0 bridgehead atoms. The lowest BCUT2D eigenvalue weighted by Gasteiger charge is -2.36. The highest BCUT2D eigenvalue weighted by Gasteiger charge is 2.45. The number of hydrogen-bond acceptors (Lipinski definition) is 5. The molecule has 146 valence electrons. The van der Waals surface area contributed by atoms with E-state index in [0.717, 1.165) is 6.07 Å². The average Bonchev–Trinajstić information content (AvgIpc) is 2.42. The van der Waals surface area contributed by atoms with E-state index >= 15 is 0 Å². The minimum atomic E-state index is -5.18. The maximum atomic E-state index is 12.6. The number of hydrogen-bond donors (Lipinski definition) is 0. The Balaban J connectivity index is 2.00. The first-order valence-electron chi connectivity index (χ1n) is 6.84. The van der Waals surface area contributed by atoms with Crippen molar-refractivity contribution in [2.24, 2.45) is 5.92 Å². The third-order valence-electron chi connectivity index (χ3n) is 3.42. The summed E-state index contributed by atoms with van der Waals surface area (Å²) in [5.41, 5.74) is -1.12. The van der Waals surface area contributed by atoms with Crippen molar-refractivity contribution in [2.45, 2.75) is 17.2 Å². The van der Waals surface area contributed by atoms with Gasteiger partial charge in [-0.05, 0) is 18.2 Å². The zero-order valence-electron chi connectivity index (χ0n) is 12.6. The Morgan fingerprint density at radius 3 is 2.23 bits per heavy atom. The Bertz CT molecular complexity index is 802. The summed E-state index contributed by atoms with van der Waals surface area (Å²) in [4.78, 5) is 14.1. The van der Waals surface area contributed by atoms with Crippen LogP contribution in [0.1, 0.15) is 5.56 Å². The number of carbonyl (C=O) groups excluding carboxylic acids is 1. The lowest BCUT2D eigenvalue weighted by atomic mass is 10.1. The van der Waals surface area contributed by atoms with E-state index in [-0.39, 0.29) is 13.1 Å². The average molecular weight is 426 g/mol. The molecule has 1 aliphatic rings. The van der Waals surface area contributed by atoms with Crippen molar-refractivity contribution in [3.63, 3.8) is 0 Å². The molecule has 0 unspecified atom stereocenters. The first-order valence-corrected chi connectivity index (χ1v) is 8.87. The molecule has 1 aromatic rings. The van der Waals surface area contributed by atoms with Crippen molar-refractivity contribution in [2.75, 3.05) is 18.8 Å². The molecule has 0 aliphatic carbocycles. The molecule has 0 spiro atoms. The van der Waals surface area contributed by atoms with E-state index in [2.05, 4.69) is 4.84 Å². The number of sulfone groups is 1. The molecule has 0 amide bonds. The van der Waals surface area contributed by atoms with Crippen LogP contribution in [0.3, 0.4) is 0 Å². The molecule has 0 saturated carbocycles. The van der Waals surface area contributed by atoms with Crippen molar-refractivity contribution in [3.8, 4) is 0 Å². The van der Waals surface area contributed by atoms with E-state index in [9.17, 15) is 39.6 Å². The third kappa shape index (κ3) is 4.80. The summed E-state index contributed by atoms with van der Waals surface area (Å²) in [6, 6.07) is 1.77. The van der Waals surface area contributed by atoms with Crippen LogP contribution >= 0.6 is 11.6 Å². The third-order valence-corrected chi connectivity index (χ3v) is 5.78. The largest absolute Gasteiger partial charge is 0.492 e. The van der Waals surface area contributed by atoms with E-state index in [1.165, 1.54) is 0 Å². The van der Waals surface area contributed by atoms with Crippen molar-refractivity contribution in [3.05, 3.63) is 28.8 Å². The number of hydroxylamine groups is 2. The smallest absolute Gasteiger partial charge is 0.361 e. The number of halogens is 7. The van der Waals surface area contributed by atoms with Crippen molar-refractivity contribution >= 4 is 27.4 Å². The zero-order valence-corrected chi connectivity index (χ0v) is 14.1. The molecular weight excluding hydrogens is 416 g/mol. The van der Waals surface area contributed by atoms with Crippen LogP contribution in [0.25, 0.3) is 0 Å². The predicted octanol–water partition coefficient (Wildman–Crippen LogP) is 3.08. The highest BCUT2D eigenvalue weighted by molar-refractivity contribution is 7.91. The van der Waals surface area contributed by atoms with E-state index in [1.807, 2.05) is 0 Å². The van der Waals surface area contributed by atoms with Gasteiger partial charge in [-0.25, -0.2) is 13.2 Å². The molecule has 0 aromatic heterocycles. The second kappa shape index (κ2) is 6.89. The van der Waals surface area contributed by atoms with Crippen LogP contribution in [-0.4, -0.2) is 44.5 Å². The first-order chi connectivity index (χ1) is 11.7. The Hall–Kier alpha value is -1.53. The number of rotatable bonds is 4. The van der Waals surface area contributed by atoms with Gasteiger partial charge in [-0.15, -0.1) is 5.06 Å². The van der Waals surface area contributed by atoms with Crippen LogP contribution in [0, 0.1) is 5.92 Å². The summed E-state index contributed by atoms with van der Waals surface area (Å²) in [5.74, 6) is -3.66. The topological polar surface area (TPSA) is 63.7 Å². The van der Waals surface area contributed by atoms with E-state index < -0.39 is 55.3 Å². The Morgan fingerprint density at radius 1 is 1.19 bits per heavy atom.